The highest BCUT2D eigenvalue weighted by Gasteiger charge is 2.35. The topological polar surface area (TPSA) is 105 Å². The van der Waals surface area contributed by atoms with Crippen molar-refractivity contribution in [1.29, 1.82) is 0 Å². The number of anilines is 1. The second-order valence-corrected chi connectivity index (χ2v) is 13.2. The van der Waals surface area contributed by atoms with Gasteiger partial charge in [0.25, 0.3) is 10.0 Å². The van der Waals surface area contributed by atoms with Crippen molar-refractivity contribution in [3.8, 4) is 11.5 Å². The average molecular weight is 663 g/mol. The van der Waals surface area contributed by atoms with E-state index in [1.54, 1.807) is 48.5 Å². The van der Waals surface area contributed by atoms with E-state index in [1.807, 2.05) is 6.92 Å². The number of para-hydroxylation sites is 1. The molecule has 0 radical (unpaired) electrons. The first kappa shape index (κ1) is 33.4. The maximum absolute atomic E-state index is 14.3. The van der Waals surface area contributed by atoms with Crippen LogP contribution in [0.5, 0.6) is 11.5 Å². The number of nitrogens with one attached hydrogen (secondary N) is 1. The van der Waals surface area contributed by atoms with Crippen molar-refractivity contribution >= 4 is 50.7 Å². The summed E-state index contributed by atoms with van der Waals surface area (Å²) in [6.07, 6.45) is 4.09. The van der Waals surface area contributed by atoms with Gasteiger partial charge in [0.05, 0.1) is 24.8 Å². The van der Waals surface area contributed by atoms with E-state index in [9.17, 15) is 18.0 Å². The fourth-order valence-electron chi connectivity index (χ4n) is 5.37. The van der Waals surface area contributed by atoms with Crippen molar-refractivity contribution in [1.82, 2.24) is 10.2 Å². The monoisotopic (exact) mass is 661 g/mol. The Bertz CT molecular complexity index is 1550. The van der Waals surface area contributed by atoms with Crippen LogP contribution in [0.2, 0.25) is 10.0 Å². The summed E-state index contributed by atoms with van der Waals surface area (Å²) in [6, 6.07) is 16.7. The van der Waals surface area contributed by atoms with Gasteiger partial charge < -0.3 is 19.7 Å². The number of hydrogen-bond acceptors (Lipinski definition) is 6. The Hall–Kier alpha value is -3.47. The number of halogens is 2. The van der Waals surface area contributed by atoms with E-state index in [0.29, 0.717) is 27.8 Å². The molecular formula is C32H37Cl2N3O6S. The number of sulfonamides is 1. The minimum atomic E-state index is -4.30. The van der Waals surface area contributed by atoms with E-state index in [0.717, 1.165) is 30.0 Å². The van der Waals surface area contributed by atoms with Gasteiger partial charge in [0, 0.05) is 34.3 Å². The molecule has 44 heavy (non-hydrogen) atoms. The Morgan fingerprint density at radius 1 is 0.932 bits per heavy atom. The van der Waals surface area contributed by atoms with Gasteiger partial charge in [-0.25, -0.2) is 8.42 Å². The van der Waals surface area contributed by atoms with Crippen LogP contribution in [0.4, 0.5) is 5.69 Å². The van der Waals surface area contributed by atoms with E-state index in [-0.39, 0.29) is 34.8 Å². The van der Waals surface area contributed by atoms with Crippen LogP contribution in [0.3, 0.4) is 0 Å². The van der Waals surface area contributed by atoms with Crippen molar-refractivity contribution in [2.75, 3.05) is 25.1 Å². The number of nitrogens with zero attached hydrogens (tertiary/aromatic N) is 2. The van der Waals surface area contributed by atoms with Crippen molar-refractivity contribution in [3.05, 3.63) is 82.3 Å². The van der Waals surface area contributed by atoms with Gasteiger partial charge in [0.2, 0.25) is 11.8 Å². The molecule has 0 bridgehead atoms. The van der Waals surface area contributed by atoms with Crippen LogP contribution < -0.4 is 19.1 Å². The zero-order valence-electron chi connectivity index (χ0n) is 25.0. The minimum absolute atomic E-state index is 0.0312. The first-order valence-corrected chi connectivity index (χ1v) is 16.6. The third-order valence-electron chi connectivity index (χ3n) is 7.74. The Morgan fingerprint density at radius 2 is 1.57 bits per heavy atom. The van der Waals surface area contributed by atoms with Crippen molar-refractivity contribution in [2.45, 2.75) is 62.6 Å². The zero-order chi connectivity index (χ0) is 31.9. The standard InChI is InChI=1S/C32H37Cl2N3O6S/c1-4-28(32(39)35-22-11-8-9-12-22)36(20-25-26(33)15-10-16-27(25)34)31(38)21-37(23-13-6-5-7-14-23)44(40,41)24-17-18-29(42-2)30(19-24)43-3/h5-7,10,13-19,22,28H,4,8-9,11-12,20-21H2,1-3H3,(H,35,39)/t28-/m0/s1. The maximum Gasteiger partial charge on any atom is 0.264 e. The normalized spacial score (nSPS) is 14.1. The molecule has 1 atom stereocenters. The van der Waals surface area contributed by atoms with Crippen LogP contribution in [-0.2, 0) is 26.2 Å². The van der Waals surface area contributed by atoms with Crippen molar-refractivity contribution in [2.24, 2.45) is 0 Å². The lowest BCUT2D eigenvalue weighted by atomic mass is 10.1. The summed E-state index contributed by atoms with van der Waals surface area (Å²) in [5, 5.41) is 3.75. The van der Waals surface area contributed by atoms with Crippen LogP contribution in [0.1, 0.15) is 44.6 Å². The summed E-state index contributed by atoms with van der Waals surface area (Å²) >= 11 is 13.0. The van der Waals surface area contributed by atoms with Gasteiger partial charge in [-0.05, 0) is 55.7 Å². The highest BCUT2D eigenvalue weighted by Crippen LogP contribution is 2.33. The first-order valence-electron chi connectivity index (χ1n) is 14.4. The molecule has 12 heteroatoms. The van der Waals surface area contributed by atoms with Crippen LogP contribution >= 0.6 is 23.2 Å². The summed E-state index contributed by atoms with van der Waals surface area (Å²) < 4.78 is 40.0. The number of rotatable bonds is 13. The number of benzene rings is 3. The average Bonchev–Trinajstić information content (AvgIpc) is 3.54. The van der Waals surface area contributed by atoms with Crippen LogP contribution in [0, 0.1) is 0 Å². The van der Waals surface area contributed by atoms with Crippen LogP contribution in [0.15, 0.2) is 71.6 Å². The van der Waals surface area contributed by atoms with E-state index < -0.39 is 28.5 Å². The highest BCUT2D eigenvalue weighted by atomic mass is 35.5. The molecule has 3 aromatic rings. The molecule has 1 aliphatic rings. The number of amides is 2. The second kappa shape index (κ2) is 15.0. The van der Waals surface area contributed by atoms with E-state index >= 15 is 0 Å². The smallest absolute Gasteiger partial charge is 0.264 e. The van der Waals surface area contributed by atoms with Crippen LogP contribution in [0.25, 0.3) is 0 Å². The SMILES string of the molecule is CC[C@@H](C(=O)NC1CCCC1)N(Cc1c(Cl)cccc1Cl)C(=O)CN(c1ccccc1)S(=O)(=O)c1ccc(OC)c(OC)c1. The molecule has 0 spiro atoms. The number of carbonyl (C=O) groups excluding carboxylic acids is 2. The lowest BCUT2D eigenvalue weighted by molar-refractivity contribution is -0.140. The molecule has 0 aromatic heterocycles. The molecule has 9 nitrogen and oxygen atoms in total. The summed E-state index contributed by atoms with van der Waals surface area (Å²) in [4.78, 5) is 29.2. The summed E-state index contributed by atoms with van der Waals surface area (Å²) in [5.41, 5.74) is 0.736. The molecule has 4 rings (SSSR count). The van der Waals surface area contributed by atoms with Crippen molar-refractivity contribution < 1.29 is 27.5 Å². The molecular weight excluding hydrogens is 625 g/mol. The lowest BCUT2D eigenvalue weighted by Crippen LogP contribution is -2.53. The van der Waals surface area contributed by atoms with Gasteiger partial charge in [-0.15, -0.1) is 0 Å². The predicted octanol–water partition coefficient (Wildman–Crippen LogP) is 6.07. The molecule has 1 saturated carbocycles. The third kappa shape index (κ3) is 7.60. The molecule has 0 heterocycles. The largest absolute Gasteiger partial charge is 0.493 e. The Morgan fingerprint density at radius 3 is 2.16 bits per heavy atom. The van der Waals surface area contributed by atoms with Crippen LogP contribution in [-0.4, -0.2) is 58.0 Å². The minimum Gasteiger partial charge on any atom is -0.493 e. The molecule has 1 fully saturated rings. The lowest BCUT2D eigenvalue weighted by Gasteiger charge is -2.34. The molecule has 0 saturated heterocycles. The Labute approximate surface area is 269 Å². The quantitative estimate of drug-likeness (QED) is 0.238. The summed E-state index contributed by atoms with van der Waals surface area (Å²) in [7, 11) is -1.44. The van der Waals surface area contributed by atoms with Gasteiger partial charge in [0.15, 0.2) is 11.5 Å². The number of hydrogen-bond donors (Lipinski definition) is 1. The number of ether oxygens (including phenoxy) is 2. The fourth-order valence-corrected chi connectivity index (χ4v) is 7.32. The van der Waals surface area contributed by atoms with E-state index in [4.69, 9.17) is 32.7 Å². The first-order chi connectivity index (χ1) is 21.1. The summed E-state index contributed by atoms with van der Waals surface area (Å²) in [6.45, 7) is 1.13. The molecule has 1 N–H and O–H groups in total. The van der Waals surface area contributed by atoms with E-state index in [2.05, 4.69) is 5.32 Å². The van der Waals surface area contributed by atoms with Gasteiger partial charge in [-0.1, -0.05) is 67.2 Å². The molecule has 2 amide bonds. The Balaban J connectivity index is 1.75. The second-order valence-electron chi connectivity index (χ2n) is 10.5. The van der Waals surface area contributed by atoms with Gasteiger partial charge in [-0.2, -0.15) is 0 Å². The molecule has 0 unspecified atom stereocenters. The number of methoxy groups -OCH3 is 2. The fraction of sp³-hybridized carbons (Fsp3) is 0.375. The third-order valence-corrected chi connectivity index (χ3v) is 10.2. The maximum atomic E-state index is 14.3. The van der Waals surface area contributed by atoms with Gasteiger partial charge in [0.1, 0.15) is 12.6 Å². The predicted molar refractivity (Wildman–Crippen MR) is 172 cm³/mol. The van der Waals surface area contributed by atoms with E-state index in [1.165, 1.54) is 37.3 Å². The highest BCUT2D eigenvalue weighted by molar-refractivity contribution is 7.92. The van der Waals surface area contributed by atoms with Crippen molar-refractivity contribution in [3.63, 3.8) is 0 Å². The molecule has 1 aliphatic carbocycles. The Kier molecular flexibility index (Phi) is 11.4. The van der Waals surface area contributed by atoms with Gasteiger partial charge in [-0.3, -0.25) is 13.9 Å². The molecule has 0 aliphatic heterocycles. The molecule has 3 aromatic carbocycles. The summed E-state index contributed by atoms with van der Waals surface area (Å²) in [5.74, 6) is -0.319. The molecule has 236 valence electrons. The number of carbonyl (C=O) groups is 2. The zero-order valence-corrected chi connectivity index (χ0v) is 27.3. The van der Waals surface area contributed by atoms with Gasteiger partial charge >= 0.3 is 0 Å².